The van der Waals surface area contributed by atoms with Crippen molar-refractivity contribution in [3.63, 3.8) is 0 Å². The van der Waals surface area contributed by atoms with Crippen LogP contribution in [-0.2, 0) is 11.8 Å². The van der Waals surface area contributed by atoms with Crippen molar-refractivity contribution in [3.05, 3.63) is 23.7 Å². The standard InChI is InChI=1S/C20H27N5O3/c1-13-15(12-23(4)21-13)16-11-17(28-22-16)19(27)25-10-5-7-18-20(25,3)8-6-9-24(18)14(2)26/h11-12,18H,5-10H2,1-4H3/t18-,20-/m0/s1. The first kappa shape index (κ1) is 18.7. The lowest BCUT2D eigenvalue weighted by Crippen LogP contribution is -2.68. The van der Waals surface area contributed by atoms with Gasteiger partial charge in [-0.2, -0.15) is 5.10 Å². The third-order valence-electron chi connectivity index (χ3n) is 6.31. The van der Waals surface area contributed by atoms with E-state index in [0.29, 0.717) is 12.2 Å². The number of nitrogens with zero attached hydrogens (tertiary/aromatic N) is 5. The largest absolute Gasteiger partial charge is 0.350 e. The van der Waals surface area contributed by atoms with Crippen LogP contribution < -0.4 is 0 Å². The van der Waals surface area contributed by atoms with E-state index in [2.05, 4.69) is 17.2 Å². The summed E-state index contributed by atoms with van der Waals surface area (Å²) in [7, 11) is 1.85. The smallest absolute Gasteiger partial charge is 0.293 e. The number of hydrogen-bond donors (Lipinski definition) is 0. The number of fused-ring (bicyclic) bond motifs is 1. The zero-order valence-electron chi connectivity index (χ0n) is 16.9. The maximum Gasteiger partial charge on any atom is 0.293 e. The van der Waals surface area contributed by atoms with Crippen LogP contribution in [0, 0.1) is 6.92 Å². The minimum absolute atomic E-state index is 0.0550. The van der Waals surface area contributed by atoms with Crippen LogP contribution in [0.2, 0.25) is 0 Å². The van der Waals surface area contributed by atoms with Crippen LogP contribution in [0.25, 0.3) is 11.3 Å². The number of carbonyl (C=O) groups is 2. The predicted molar refractivity (Wildman–Crippen MR) is 103 cm³/mol. The van der Waals surface area contributed by atoms with Gasteiger partial charge in [0, 0.05) is 44.9 Å². The SMILES string of the molecule is CC(=O)N1CCC[C@@]2(C)[C@@H]1CCCN2C(=O)c1cc(-c2cn(C)nc2C)no1. The van der Waals surface area contributed by atoms with Gasteiger partial charge >= 0.3 is 0 Å². The van der Waals surface area contributed by atoms with E-state index < -0.39 is 0 Å². The first-order valence-corrected chi connectivity index (χ1v) is 9.88. The number of rotatable bonds is 2. The molecule has 0 unspecified atom stereocenters. The molecule has 0 aliphatic carbocycles. The fourth-order valence-corrected chi connectivity index (χ4v) is 4.94. The molecule has 150 valence electrons. The highest BCUT2D eigenvalue weighted by atomic mass is 16.5. The maximum atomic E-state index is 13.3. The van der Waals surface area contributed by atoms with E-state index in [4.69, 9.17) is 4.52 Å². The van der Waals surface area contributed by atoms with Crippen molar-refractivity contribution >= 4 is 11.8 Å². The molecule has 0 spiro atoms. The first-order valence-electron chi connectivity index (χ1n) is 9.88. The van der Waals surface area contributed by atoms with E-state index in [-0.39, 0.29) is 29.2 Å². The van der Waals surface area contributed by atoms with Gasteiger partial charge in [0.05, 0.1) is 17.3 Å². The van der Waals surface area contributed by atoms with Crippen LogP contribution in [0.5, 0.6) is 0 Å². The minimum atomic E-state index is -0.379. The lowest BCUT2D eigenvalue weighted by molar-refractivity contribution is -0.140. The molecule has 4 heterocycles. The Morgan fingerprint density at radius 2 is 2.07 bits per heavy atom. The number of aryl methyl sites for hydroxylation is 2. The Kier molecular flexibility index (Phi) is 4.51. The molecule has 2 fully saturated rings. The molecule has 2 aliphatic heterocycles. The summed E-state index contributed by atoms with van der Waals surface area (Å²) in [6, 6.07) is 1.75. The summed E-state index contributed by atoms with van der Waals surface area (Å²) >= 11 is 0. The van der Waals surface area contributed by atoms with Gasteiger partial charge in [0.25, 0.3) is 5.91 Å². The summed E-state index contributed by atoms with van der Waals surface area (Å²) in [6.07, 6.45) is 5.45. The average Bonchev–Trinajstić information content (AvgIpc) is 3.25. The second kappa shape index (κ2) is 6.76. The van der Waals surface area contributed by atoms with Gasteiger partial charge in [0.15, 0.2) is 0 Å². The Labute approximate surface area is 164 Å². The number of piperidine rings is 2. The average molecular weight is 385 g/mol. The maximum absolute atomic E-state index is 13.3. The molecule has 2 aliphatic rings. The molecule has 8 nitrogen and oxygen atoms in total. The monoisotopic (exact) mass is 385 g/mol. The molecular weight excluding hydrogens is 358 g/mol. The molecule has 8 heteroatoms. The number of carbonyl (C=O) groups excluding carboxylic acids is 2. The summed E-state index contributed by atoms with van der Waals surface area (Å²) in [5, 5.41) is 8.43. The highest BCUT2D eigenvalue weighted by Gasteiger charge is 2.50. The summed E-state index contributed by atoms with van der Waals surface area (Å²) in [4.78, 5) is 29.3. The normalized spacial score (nSPS) is 24.9. The van der Waals surface area contributed by atoms with E-state index in [1.54, 1.807) is 17.7 Å². The van der Waals surface area contributed by atoms with Gasteiger partial charge in [-0.3, -0.25) is 14.3 Å². The van der Waals surface area contributed by atoms with Gasteiger partial charge in [-0.05, 0) is 39.5 Å². The van der Waals surface area contributed by atoms with Crippen LogP contribution >= 0.6 is 0 Å². The van der Waals surface area contributed by atoms with Crippen molar-refractivity contribution in [2.45, 2.75) is 58.0 Å². The van der Waals surface area contributed by atoms with Crippen LogP contribution in [-0.4, -0.2) is 61.2 Å². The summed E-state index contributed by atoms with van der Waals surface area (Å²) in [5.41, 5.74) is 1.93. The summed E-state index contributed by atoms with van der Waals surface area (Å²) < 4.78 is 7.16. The number of likely N-dealkylation sites (tertiary alicyclic amines) is 2. The molecule has 0 N–H and O–H groups in total. The van der Waals surface area contributed by atoms with Gasteiger partial charge in [0.1, 0.15) is 5.69 Å². The van der Waals surface area contributed by atoms with Gasteiger partial charge in [-0.15, -0.1) is 0 Å². The minimum Gasteiger partial charge on any atom is -0.350 e. The highest BCUT2D eigenvalue weighted by Crippen LogP contribution is 2.40. The molecule has 2 saturated heterocycles. The van der Waals surface area contributed by atoms with Crippen molar-refractivity contribution in [1.82, 2.24) is 24.7 Å². The van der Waals surface area contributed by atoms with Crippen LogP contribution in [0.3, 0.4) is 0 Å². The van der Waals surface area contributed by atoms with Crippen LogP contribution in [0.1, 0.15) is 55.8 Å². The Balaban J connectivity index is 1.63. The van der Waals surface area contributed by atoms with Crippen molar-refractivity contribution < 1.29 is 14.1 Å². The van der Waals surface area contributed by atoms with Gasteiger partial charge < -0.3 is 14.3 Å². The van der Waals surface area contributed by atoms with Crippen molar-refractivity contribution in [3.8, 4) is 11.3 Å². The van der Waals surface area contributed by atoms with E-state index in [9.17, 15) is 9.59 Å². The third kappa shape index (κ3) is 2.91. The molecule has 4 rings (SSSR count). The summed E-state index contributed by atoms with van der Waals surface area (Å²) in [6.45, 7) is 7.06. The molecule has 0 bridgehead atoms. The van der Waals surface area contributed by atoms with Gasteiger partial charge in [0.2, 0.25) is 11.7 Å². The zero-order chi connectivity index (χ0) is 20.1. The molecular formula is C20H27N5O3. The topological polar surface area (TPSA) is 84.5 Å². The van der Waals surface area contributed by atoms with Gasteiger partial charge in [-0.1, -0.05) is 5.16 Å². The second-order valence-electron chi connectivity index (χ2n) is 8.17. The predicted octanol–water partition coefficient (Wildman–Crippen LogP) is 2.39. The van der Waals surface area contributed by atoms with Crippen LogP contribution in [0.4, 0.5) is 0 Å². The number of hydrogen-bond acceptors (Lipinski definition) is 5. The van der Waals surface area contributed by atoms with Crippen LogP contribution in [0.15, 0.2) is 16.8 Å². The van der Waals surface area contributed by atoms with Crippen molar-refractivity contribution in [1.29, 1.82) is 0 Å². The lowest BCUT2D eigenvalue weighted by atomic mass is 9.76. The molecule has 2 aromatic rings. The first-order chi connectivity index (χ1) is 13.3. The van der Waals surface area contributed by atoms with Gasteiger partial charge in [-0.25, -0.2) is 0 Å². The Morgan fingerprint density at radius 1 is 1.29 bits per heavy atom. The molecule has 0 aromatic carbocycles. The Hall–Kier alpha value is -2.64. The third-order valence-corrected chi connectivity index (χ3v) is 6.31. The molecule has 0 saturated carbocycles. The number of aromatic nitrogens is 3. The molecule has 2 amide bonds. The molecule has 2 atom stereocenters. The Morgan fingerprint density at radius 3 is 2.75 bits per heavy atom. The Bertz CT molecular complexity index is 917. The number of amides is 2. The molecule has 2 aromatic heterocycles. The fraction of sp³-hybridized carbons (Fsp3) is 0.600. The van der Waals surface area contributed by atoms with E-state index in [0.717, 1.165) is 43.5 Å². The van der Waals surface area contributed by atoms with E-state index in [1.165, 1.54) is 0 Å². The fourth-order valence-electron chi connectivity index (χ4n) is 4.94. The zero-order valence-corrected chi connectivity index (χ0v) is 16.9. The molecule has 28 heavy (non-hydrogen) atoms. The second-order valence-corrected chi connectivity index (χ2v) is 8.17. The van der Waals surface area contributed by atoms with E-state index in [1.807, 2.05) is 30.0 Å². The van der Waals surface area contributed by atoms with Crippen molar-refractivity contribution in [2.24, 2.45) is 7.05 Å². The quantitative estimate of drug-likeness (QED) is 0.792. The van der Waals surface area contributed by atoms with Crippen molar-refractivity contribution in [2.75, 3.05) is 13.1 Å². The van der Waals surface area contributed by atoms with E-state index >= 15 is 0 Å². The highest BCUT2D eigenvalue weighted by molar-refractivity contribution is 5.93. The summed E-state index contributed by atoms with van der Waals surface area (Å²) in [5.74, 6) is 0.164. The lowest BCUT2D eigenvalue weighted by Gasteiger charge is -2.56. The molecule has 0 radical (unpaired) electrons.